The number of amides is 1. The summed E-state index contributed by atoms with van der Waals surface area (Å²) in [7, 11) is 0. The average Bonchev–Trinajstić information content (AvgIpc) is 3.06. The van der Waals surface area contributed by atoms with E-state index in [-0.39, 0.29) is 36.0 Å². The third-order valence-electron chi connectivity index (χ3n) is 6.14. The van der Waals surface area contributed by atoms with Gasteiger partial charge in [-0.1, -0.05) is 41.4 Å². The van der Waals surface area contributed by atoms with Gasteiger partial charge in [0.15, 0.2) is 0 Å². The number of nitrogens with one attached hydrogen (secondary N) is 2. The molecule has 0 aliphatic carbocycles. The number of fused-ring (bicyclic) bond motifs is 2. The van der Waals surface area contributed by atoms with Gasteiger partial charge in [-0.25, -0.2) is 9.18 Å². The lowest BCUT2D eigenvalue weighted by Gasteiger charge is -2.13. The number of carbonyl (C=O) groups is 1. The van der Waals surface area contributed by atoms with E-state index in [1.807, 2.05) is 25.1 Å². The summed E-state index contributed by atoms with van der Waals surface area (Å²) in [5, 5.41) is 12.7. The Morgan fingerprint density at radius 3 is 2.67 bits per heavy atom. The standard InChI is InChI=1S/C26H21Cl2FN4O3/c1-13-2-3-14(18(28)8-13)9-21-25(35)32-24-17(11-16(27)12-19(24)29)23(30-21)15-4-5-20-22(10-15)33(6-7-34)26(36)31-20/h2-5,8,10-12,21,34H,6-7,9H2,1H3,(H,31,36)(H,32,35). The number of aromatic nitrogens is 2. The molecular formula is C26H21Cl2FN4O3. The number of aliphatic hydroxyl groups excluding tert-OH is 1. The first-order chi connectivity index (χ1) is 17.2. The molecule has 1 aliphatic rings. The summed E-state index contributed by atoms with van der Waals surface area (Å²) < 4.78 is 16.4. The number of aromatic amines is 1. The first-order valence-electron chi connectivity index (χ1n) is 11.2. The second-order valence-corrected chi connectivity index (χ2v) is 9.47. The van der Waals surface area contributed by atoms with Crippen LogP contribution in [-0.4, -0.2) is 38.9 Å². The maximum Gasteiger partial charge on any atom is 0.326 e. The molecule has 10 heteroatoms. The van der Waals surface area contributed by atoms with Crippen molar-refractivity contribution in [2.45, 2.75) is 25.9 Å². The Kier molecular flexibility index (Phi) is 6.42. The SMILES string of the molecule is Cc1ccc(CC2N=C(c3ccc4[nH]c(=O)n(CCO)c4c3)c3cc(Cl)cc(F)c3NC2=O)c(Cl)c1. The van der Waals surface area contributed by atoms with Crippen molar-refractivity contribution in [2.24, 2.45) is 4.99 Å². The van der Waals surface area contributed by atoms with Crippen LogP contribution >= 0.6 is 23.2 Å². The Morgan fingerprint density at radius 2 is 1.92 bits per heavy atom. The van der Waals surface area contributed by atoms with Crippen LogP contribution in [-0.2, 0) is 17.8 Å². The maximum atomic E-state index is 15.0. The van der Waals surface area contributed by atoms with Gasteiger partial charge >= 0.3 is 5.69 Å². The molecule has 0 fully saturated rings. The Bertz CT molecular complexity index is 1610. The lowest BCUT2D eigenvalue weighted by atomic mass is 9.99. The third-order valence-corrected chi connectivity index (χ3v) is 6.71. The second-order valence-electron chi connectivity index (χ2n) is 8.63. The number of aliphatic imine (C=N–C) groups is 1. The fourth-order valence-corrected chi connectivity index (χ4v) is 4.91. The largest absolute Gasteiger partial charge is 0.395 e. The number of nitrogens with zero attached hydrogens (tertiary/aromatic N) is 2. The molecule has 1 unspecified atom stereocenters. The predicted octanol–water partition coefficient (Wildman–Crippen LogP) is 4.48. The monoisotopic (exact) mass is 526 g/mol. The van der Waals surface area contributed by atoms with Crippen molar-refractivity contribution in [1.29, 1.82) is 0 Å². The number of aryl methyl sites for hydroxylation is 1. The lowest BCUT2D eigenvalue weighted by molar-refractivity contribution is -0.117. The average molecular weight is 527 g/mol. The van der Waals surface area contributed by atoms with Crippen LogP contribution in [0, 0.1) is 12.7 Å². The second kappa shape index (κ2) is 9.54. The molecule has 3 aromatic carbocycles. The minimum Gasteiger partial charge on any atom is -0.395 e. The Morgan fingerprint density at radius 1 is 1.11 bits per heavy atom. The van der Waals surface area contributed by atoms with Gasteiger partial charge in [-0.05, 0) is 48.4 Å². The van der Waals surface area contributed by atoms with Crippen molar-refractivity contribution in [2.75, 3.05) is 11.9 Å². The van der Waals surface area contributed by atoms with Crippen molar-refractivity contribution in [1.82, 2.24) is 9.55 Å². The van der Waals surface area contributed by atoms with Gasteiger partial charge in [-0.15, -0.1) is 0 Å². The highest BCUT2D eigenvalue weighted by atomic mass is 35.5. The first-order valence-corrected chi connectivity index (χ1v) is 12.0. The zero-order valence-electron chi connectivity index (χ0n) is 19.1. The van der Waals surface area contributed by atoms with E-state index >= 15 is 4.39 Å². The van der Waals surface area contributed by atoms with E-state index in [1.54, 1.807) is 24.3 Å². The first kappa shape index (κ1) is 24.2. The molecule has 0 radical (unpaired) electrons. The molecule has 0 bridgehead atoms. The third kappa shape index (κ3) is 4.43. The van der Waals surface area contributed by atoms with Crippen molar-refractivity contribution in [3.63, 3.8) is 0 Å². The molecule has 2 heterocycles. The number of halogens is 3. The summed E-state index contributed by atoms with van der Waals surface area (Å²) >= 11 is 12.6. The zero-order valence-corrected chi connectivity index (χ0v) is 20.6. The highest BCUT2D eigenvalue weighted by molar-refractivity contribution is 6.32. The smallest absolute Gasteiger partial charge is 0.326 e. The molecule has 1 aromatic heterocycles. The topological polar surface area (TPSA) is 99.5 Å². The van der Waals surface area contributed by atoms with Crippen LogP contribution in [0.2, 0.25) is 10.0 Å². The number of rotatable bonds is 5. The van der Waals surface area contributed by atoms with Gasteiger partial charge in [0.2, 0.25) is 5.91 Å². The number of anilines is 1. The van der Waals surface area contributed by atoms with Gasteiger partial charge in [-0.3, -0.25) is 14.4 Å². The van der Waals surface area contributed by atoms with Gasteiger partial charge < -0.3 is 15.4 Å². The fraction of sp³-hybridized carbons (Fsp3) is 0.192. The van der Waals surface area contributed by atoms with Crippen molar-refractivity contribution < 1.29 is 14.3 Å². The van der Waals surface area contributed by atoms with Crippen LogP contribution in [0.4, 0.5) is 10.1 Å². The van der Waals surface area contributed by atoms with Crippen LogP contribution in [0.5, 0.6) is 0 Å². The minimum atomic E-state index is -0.910. The van der Waals surface area contributed by atoms with E-state index in [9.17, 15) is 14.7 Å². The highest BCUT2D eigenvalue weighted by Crippen LogP contribution is 2.32. The molecule has 7 nitrogen and oxygen atoms in total. The van der Waals surface area contributed by atoms with Crippen molar-refractivity contribution in [3.05, 3.63) is 97.1 Å². The number of benzodiazepines with no additional fused rings is 1. The molecule has 0 saturated carbocycles. The van der Waals surface area contributed by atoms with Gasteiger partial charge in [0, 0.05) is 27.6 Å². The molecule has 0 spiro atoms. The van der Waals surface area contributed by atoms with Crippen LogP contribution in [0.1, 0.15) is 22.3 Å². The summed E-state index contributed by atoms with van der Waals surface area (Å²) in [5.74, 6) is -1.17. The minimum absolute atomic E-state index is 0.0254. The summed E-state index contributed by atoms with van der Waals surface area (Å²) in [4.78, 5) is 33.1. The summed E-state index contributed by atoms with van der Waals surface area (Å²) in [6.07, 6.45) is 0.194. The number of H-pyrrole nitrogens is 1. The van der Waals surface area contributed by atoms with Crippen LogP contribution < -0.4 is 11.0 Å². The quantitative estimate of drug-likeness (QED) is 0.357. The molecule has 1 atom stereocenters. The number of hydrogen-bond acceptors (Lipinski definition) is 4. The molecule has 1 amide bonds. The number of imidazole rings is 1. The van der Waals surface area contributed by atoms with E-state index in [2.05, 4.69) is 10.3 Å². The van der Waals surface area contributed by atoms with Crippen LogP contribution in [0.3, 0.4) is 0 Å². The molecule has 184 valence electrons. The fourth-order valence-electron chi connectivity index (χ4n) is 4.39. The number of aliphatic hydroxyl groups is 1. The highest BCUT2D eigenvalue weighted by Gasteiger charge is 2.29. The summed E-state index contributed by atoms with van der Waals surface area (Å²) in [6, 6.07) is 12.5. The molecule has 4 aromatic rings. The van der Waals surface area contributed by atoms with E-state index in [1.165, 1.54) is 4.57 Å². The lowest BCUT2D eigenvalue weighted by Crippen LogP contribution is -2.28. The number of hydrogen-bond donors (Lipinski definition) is 3. The molecule has 1 aliphatic heterocycles. The van der Waals surface area contributed by atoms with E-state index < -0.39 is 17.8 Å². The molecule has 36 heavy (non-hydrogen) atoms. The molecular weight excluding hydrogens is 506 g/mol. The van der Waals surface area contributed by atoms with Crippen molar-refractivity contribution in [3.8, 4) is 0 Å². The normalized spacial score (nSPS) is 15.4. The van der Waals surface area contributed by atoms with E-state index in [0.717, 1.165) is 17.2 Å². The Hall–Kier alpha value is -3.46. The van der Waals surface area contributed by atoms with Gasteiger partial charge in [0.05, 0.1) is 35.6 Å². The Labute approximate surface area is 215 Å². The Balaban J connectivity index is 1.70. The predicted molar refractivity (Wildman–Crippen MR) is 139 cm³/mol. The van der Waals surface area contributed by atoms with Gasteiger partial charge in [-0.2, -0.15) is 0 Å². The van der Waals surface area contributed by atoms with Crippen LogP contribution in [0.15, 0.2) is 58.3 Å². The number of carbonyl (C=O) groups excluding carboxylic acids is 1. The maximum absolute atomic E-state index is 15.0. The molecule has 0 saturated heterocycles. The summed E-state index contributed by atoms with van der Waals surface area (Å²) in [5.41, 5.74) is 3.64. The molecule has 3 N–H and O–H groups in total. The van der Waals surface area contributed by atoms with E-state index in [0.29, 0.717) is 32.9 Å². The summed E-state index contributed by atoms with van der Waals surface area (Å²) in [6.45, 7) is 1.79. The zero-order chi connectivity index (χ0) is 25.6. The van der Waals surface area contributed by atoms with E-state index in [4.69, 9.17) is 28.2 Å². The van der Waals surface area contributed by atoms with Crippen molar-refractivity contribution >= 4 is 51.5 Å². The van der Waals surface area contributed by atoms with Gasteiger partial charge in [0.25, 0.3) is 0 Å². The number of benzene rings is 3. The molecule has 5 rings (SSSR count). The van der Waals surface area contributed by atoms with Crippen LogP contribution in [0.25, 0.3) is 11.0 Å². The van der Waals surface area contributed by atoms with Gasteiger partial charge in [0.1, 0.15) is 11.9 Å².